The Hall–Kier alpha value is -1.91. The standard InChI is InChI=1S/C14H19N3O2/c1-10(18)11-6-5-7-15-12(11)17-9-8-16(4)13(19)14(17,2)3/h5-7H,8-9H2,1-4H3. The van der Waals surface area contributed by atoms with Gasteiger partial charge in [-0.05, 0) is 32.9 Å². The van der Waals surface area contributed by atoms with Crippen LogP contribution in [0.3, 0.4) is 0 Å². The Kier molecular flexibility index (Phi) is 3.30. The molecule has 1 amide bonds. The summed E-state index contributed by atoms with van der Waals surface area (Å²) in [4.78, 5) is 31.9. The van der Waals surface area contributed by atoms with Crippen molar-refractivity contribution in [2.24, 2.45) is 0 Å². The van der Waals surface area contributed by atoms with Crippen molar-refractivity contribution in [3.63, 3.8) is 0 Å². The van der Waals surface area contributed by atoms with Crippen molar-refractivity contribution in [1.82, 2.24) is 9.88 Å². The second-order valence-corrected chi connectivity index (χ2v) is 5.37. The van der Waals surface area contributed by atoms with Gasteiger partial charge in [-0.1, -0.05) is 0 Å². The van der Waals surface area contributed by atoms with Crippen LogP contribution in [0.2, 0.25) is 0 Å². The Bertz CT molecular complexity index is 525. The summed E-state index contributed by atoms with van der Waals surface area (Å²) in [5, 5.41) is 0. The van der Waals surface area contributed by atoms with Crippen LogP contribution in [0.5, 0.6) is 0 Å². The fourth-order valence-corrected chi connectivity index (χ4v) is 2.47. The van der Waals surface area contributed by atoms with Gasteiger partial charge < -0.3 is 9.80 Å². The smallest absolute Gasteiger partial charge is 0.247 e. The molecule has 1 aliphatic heterocycles. The minimum Gasteiger partial charge on any atom is -0.342 e. The van der Waals surface area contributed by atoms with E-state index in [-0.39, 0.29) is 11.7 Å². The molecule has 2 heterocycles. The van der Waals surface area contributed by atoms with Crippen LogP contribution in [0.4, 0.5) is 5.82 Å². The van der Waals surface area contributed by atoms with Crippen molar-refractivity contribution in [3.8, 4) is 0 Å². The van der Waals surface area contributed by atoms with E-state index in [1.807, 2.05) is 18.7 Å². The second-order valence-electron chi connectivity index (χ2n) is 5.37. The van der Waals surface area contributed by atoms with Crippen molar-refractivity contribution in [1.29, 1.82) is 0 Å². The summed E-state index contributed by atoms with van der Waals surface area (Å²) in [6.45, 7) is 6.56. The summed E-state index contributed by atoms with van der Waals surface area (Å²) in [5.41, 5.74) is -0.126. The Balaban J connectivity index is 2.47. The highest BCUT2D eigenvalue weighted by Crippen LogP contribution is 2.29. The van der Waals surface area contributed by atoms with Gasteiger partial charge in [0.1, 0.15) is 11.4 Å². The molecule has 0 atom stereocenters. The van der Waals surface area contributed by atoms with Crippen molar-refractivity contribution >= 4 is 17.5 Å². The average Bonchev–Trinajstić information content (AvgIpc) is 2.36. The number of carbonyl (C=O) groups is 2. The molecule has 0 bridgehead atoms. The SMILES string of the molecule is CC(=O)c1cccnc1N1CCN(C)C(=O)C1(C)C. The quantitative estimate of drug-likeness (QED) is 0.754. The molecule has 19 heavy (non-hydrogen) atoms. The van der Waals surface area contributed by atoms with E-state index in [0.717, 1.165) is 0 Å². The highest BCUT2D eigenvalue weighted by atomic mass is 16.2. The minimum atomic E-state index is -0.689. The lowest BCUT2D eigenvalue weighted by Gasteiger charge is -2.45. The molecule has 0 spiro atoms. The van der Waals surface area contributed by atoms with E-state index in [1.165, 1.54) is 6.92 Å². The first-order chi connectivity index (χ1) is 8.85. The van der Waals surface area contributed by atoms with E-state index in [4.69, 9.17) is 0 Å². The van der Waals surface area contributed by atoms with Crippen molar-refractivity contribution < 1.29 is 9.59 Å². The number of ketones is 1. The topological polar surface area (TPSA) is 53.5 Å². The van der Waals surface area contributed by atoms with Gasteiger partial charge in [0.05, 0.1) is 5.56 Å². The van der Waals surface area contributed by atoms with E-state index in [9.17, 15) is 9.59 Å². The summed E-state index contributed by atoms with van der Waals surface area (Å²) in [6.07, 6.45) is 1.65. The number of hydrogen-bond donors (Lipinski definition) is 0. The number of rotatable bonds is 2. The number of anilines is 1. The van der Waals surface area contributed by atoms with Crippen LogP contribution in [-0.2, 0) is 4.79 Å². The third kappa shape index (κ3) is 2.20. The lowest BCUT2D eigenvalue weighted by molar-refractivity contribution is -0.136. The van der Waals surface area contributed by atoms with E-state index in [1.54, 1.807) is 30.3 Å². The van der Waals surface area contributed by atoms with Crippen molar-refractivity contribution in [3.05, 3.63) is 23.9 Å². The minimum absolute atomic E-state index is 0.0368. The van der Waals surface area contributed by atoms with Gasteiger partial charge in [0.2, 0.25) is 5.91 Å². The zero-order valence-electron chi connectivity index (χ0n) is 11.8. The van der Waals surface area contributed by atoms with Crippen LogP contribution in [-0.4, -0.2) is 47.3 Å². The predicted molar refractivity (Wildman–Crippen MR) is 73.3 cm³/mol. The molecule has 1 aliphatic rings. The summed E-state index contributed by atoms with van der Waals surface area (Å²) < 4.78 is 0. The molecule has 0 saturated carbocycles. The lowest BCUT2D eigenvalue weighted by Crippen LogP contribution is -2.62. The first-order valence-corrected chi connectivity index (χ1v) is 6.35. The lowest BCUT2D eigenvalue weighted by atomic mass is 9.96. The van der Waals surface area contributed by atoms with Crippen LogP contribution < -0.4 is 4.90 Å². The number of hydrogen-bond acceptors (Lipinski definition) is 4. The third-order valence-electron chi connectivity index (χ3n) is 3.63. The highest BCUT2D eigenvalue weighted by molar-refractivity contribution is 6.00. The van der Waals surface area contributed by atoms with Crippen LogP contribution in [0.15, 0.2) is 18.3 Å². The van der Waals surface area contributed by atoms with E-state index in [2.05, 4.69) is 4.98 Å². The number of Topliss-reactive ketones (excluding diaryl/α,β-unsaturated/α-hetero) is 1. The maximum Gasteiger partial charge on any atom is 0.247 e. The number of pyridine rings is 1. The Labute approximate surface area is 113 Å². The molecule has 1 aromatic rings. The molecular formula is C14H19N3O2. The maximum absolute atomic E-state index is 12.3. The van der Waals surface area contributed by atoms with Gasteiger partial charge in [-0.15, -0.1) is 0 Å². The molecule has 0 radical (unpaired) electrons. The fourth-order valence-electron chi connectivity index (χ4n) is 2.47. The maximum atomic E-state index is 12.3. The zero-order valence-corrected chi connectivity index (χ0v) is 11.8. The summed E-state index contributed by atoms with van der Waals surface area (Å²) in [7, 11) is 1.80. The Morgan fingerprint density at radius 2 is 2.05 bits per heavy atom. The first kappa shape index (κ1) is 13.5. The molecule has 0 aliphatic carbocycles. The van der Waals surface area contributed by atoms with E-state index >= 15 is 0 Å². The average molecular weight is 261 g/mol. The Morgan fingerprint density at radius 1 is 1.37 bits per heavy atom. The predicted octanol–water partition coefficient (Wildman–Crippen LogP) is 1.34. The van der Waals surface area contributed by atoms with Gasteiger partial charge in [0, 0.05) is 26.3 Å². The second kappa shape index (κ2) is 4.64. The largest absolute Gasteiger partial charge is 0.342 e. The molecule has 0 N–H and O–H groups in total. The molecule has 1 saturated heterocycles. The number of carbonyl (C=O) groups excluding carboxylic acids is 2. The van der Waals surface area contributed by atoms with Crippen LogP contribution >= 0.6 is 0 Å². The number of amides is 1. The molecule has 2 rings (SSSR count). The molecule has 5 nitrogen and oxygen atoms in total. The number of piperazine rings is 1. The van der Waals surface area contributed by atoms with Crippen molar-refractivity contribution in [2.75, 3.05) is 25.0 Å². The number of aromatic nitrogens is 1. The van der Waals surface area contributed by atoms with Gasteiger partial charge in [-0.25, -0.2) is 4.98 Å². The molecule has 1 fully saturated rings. The number of nitrogens with zero attached hydrogens (tertiary/aromatic N) is 3. The van der Waals surface area contributed by atoms with Gasteiger partial charge in [-0.2, -0.15) is 0 Å². The van der Waals surface area contributed by atoms with E-state index in [0.29, 0.717) is 24.5 Å². The zero-order chi connectivity index (χ0) is 14.2. The highest BCUT2D eigenvalue weighted by Gasteiger charge is 2.42. The molecule has 1 aromatic heterocycles. The van der Waals surface area contributed by atoms with Crippen LogP contribution in [0.1, 0.15) is 31.1 Å². The molecule has 102 valence electrons. The first-order valence-electron chi connectivity index (χ1n) is 6.35. The molecule has 0 unspecified atom stereocenters. The summed E-state index contributed by atoms with van der Waals surface area (Å²) >= 11 is 0. The van der Waals surface area contributed by atoms with Crippen LogP contribution in [0, 0.1) is 0 Å². The number of likely N-dealkylation sites (N-methyl/N-ethyl adjacent to an activating group) is 1. The van der Waals surface area contributed by atoms with E-state index < -0.39 is 5.54 Å². The van der Waals surface area contributed by atoms with Gasteiger partial charge in [-0.3, -0.25) is 9.59 Å². The third-order valence-corrected chi connectivity index (χ3v) is 3.63. The van der Waals surface area contributed by atoms with Gasteiger partial charge in [0.25, 0.3) is 0 Å². The van der Waals surface area contributed by atoms with Crippen LogP contribution in [0.25, 0.3) is 0 Å². The summed E-state index contributed by atoms with van der Waals surface area (Å²) in [6, 6.07) is 3.49. The Morgan fingerprint density at radius 3 is 2.68 bits per heavy atom. The normalized spacial score (nSPS) is 18.6. The van der Waals surface area contributed by atoms with Gasteiger partial charge >= 0.3 is 0 Å². The molecular weight excluding hydrogens is 242 g/mol. The molecule has 5 heteroatoms. The monoisotopic (exact) mass is 261 g/mol. The van der Waals surface area contributed by atoms with Gasteiger partial charge in [0.15, 0.2) is 5.78 Å². The summed E-state index contributed by atoms with van der Waals surface area (Å²) in [5.74, 6) is 0.602. The molecule has 0 aromatic carbocycles. The fraction of sp³-hybridized carbons (Fsp3) is 0.500. The van der Waals surface area contributed by atoms with Crippen molar-refractivity contribution in [2.45, 2.75) is 26.3 Å².